The lowest BCUT2D eigenvalue weighted by atomic mass is 9.92. The van der Waals surface area contributed by atoms with Gasteiger partial charge in [0.1, 0.15) is 22.4 Å². The fourth-order valence-corrected chi connectivity index (χ4v) is 3.97. The predicted octanol–water partition coefficient (Wildman–Crippen LogP) is 4.99. The zero-order chi connectivity index (χ0) is 20.4. The van der Waals surface area contributed by atoms with E-state index in [2.05, 4.69) is 34.1 Å². The summed E-state index contributed by atoms with van der Waals surface area (Å²) in [6, 6.07) is 6.66. The van der Waals surface area contributed by atoms with Gasteiger partial charge < -0.3 is 20.8 Å². The Labute approximate surface area is 176 Å². The van der Waals surface area contributed by atoms with Gasteiger partial charge >= 0.3 is 0 Å². The molecule has 1 aliphatic carbocycles. The Hall–Kier alpha value is -2.31. The summed E-state index contributed by atoms with van der Waals surface area (Å²) in [5.74, 6) is 2.02. The van der Waals surface area contributed by atoms with Gasteiger partial charge in [-0.3, -0.25) is 0 Å². The number of nitrogens with one attached hydrogen (secondary N) is 2. The van der Waals surface area contributed by atoms with Gasteiger partial charge in [-0.05, 0) is 55.4 Å². The highest BCUT2D eigenvalue weighted by atomic mass is 35.5. The van der Waals surface area contributed by atoms with Crippen molar-refractivity contribution in [3.8, 4) is 16.9 Å². The number of H-pyrrole nitrogens is 1. The van der Waals surface area contributed by atoms with Crippen LogP contribution in [0.4, 0.5) is 5.82 Å². The van der Waals surface area contributed by atoms with Gasteiger partial charge in [0.25, 0.3) is 0 Å². The van der Waals surface area contributed by atoms with E-state index in [-0.39, 0.29) is 0 Å². The number of ether oxygens (including phenoxy) is 1. The molecular formula is C22H28ClN5O. The highest BCUT2D eigenvalue weighted by Gasteiger charge is 2.19. The highest BCUT2D eigenvalue weighted by molar-refractivity contribution is 6.29. The summed E-state index contributed by atoms with van der Waals surface area (Å²) in [4.78, 5) is 12.2. The molecule has 0 saturated heterocycles. The fourth-order valence-electron chi connectivity index (χ4n) is 3.76. The smallest absolute Gasteiger partial charge is 0.138 e. The molecule has 0 amide bonds. The van der Waals surface area contributed by atoms with Crippen LogP contribution in [0.1, 0.15) is 39.5 Å². The van der Waals surface area contributed by atoms with Crippen LogP contribution >= 0.6 is 11.6 Å². The minimum absolute atomic E-state index is 0.321. The Morgan fingerprint density at radius 1 is 1.24 bits per heavy atom. The van der Waals surface area contributed by atoms with E-state index < -0.39 is 0 Å². The highest BCUT2D eigenvalue weighted by Crippen LogP contribution is 2.33. The molecule has 6 nitrogen and oxygen atoms in total. The van der Waals surface area contributed by atoms with Gasteiger partial charge in [0.15, 0.2) is 0 Å². The first-order chi connectivity index (χ1) is 14.0. The van der Waals surface area contributed by atoms with Crippen molar-refractivity contribution in [3.63, 3.8) is 0 Å². The molecule has 0 radical (unpaired) electrons. The zero-order valence-corrected chi connectivity index (χ0v) is 17.7. The molecular weight excluding hydrogens is 386 g/mol. The molecule has 3 aromatic heterocycles. The SMILES string of the molecule is CC(C)COc1cnc2[nH]cc(-c3cc(Cl)nc(NC4CCC(N)CC4)c3)c2c1. The molecule has 4 N–H and O–H groups in total. The Morgan fingerprint density at radius 2 is 2.03 bits per heavy atom. The van der Waals surface area contributed by atoms with Crippen molar-refractivity contribution in [1.82, 2.24) is 15.0 Å². The Balaban J connectivity index is 1.61. The zero-order valence-electron chi connectivity index (χ0n) is 16.9. The summed E-state index contributed by atoms with van der Waals surface area (Å²) >= 11 is 6.35. The van der Waals surface area contributed by atoms with Crippen molar-refractivity contribution < 1.29 is 4.74 Å². The van der Waals surface area contributed by atoms with Crippen LogP contribution in [0.25, 0.3) is 22.2 Å². The van der Waals surface area contributed by atoms with E-state index in [1.165, 1.54) is 0 Å². The number of pyridine rings is 2. The summed E-state index contributed by atoms with van der Waals surface area (Å²) in [5.41, 5.74) is 8.86. The van der Waals surface area contributed by atoms with Crippen LogP contribution in [-0.2, 0) is 0 Å². The van der Waals surface area contributed by atoms with Gasteiger partial charge in [-0.15, -0.1) is 0 Å². The largest absolute Gasteiger partial charge is 0.492 e. The van der Waals surface area contributed by atoms with Crippen LogP contribution in [0, 0.1) is 5.92 Å². The predicted molar refractivity (Wildman–Crippen MR) is 119 cm³/mol. The maximum absolute atomic E-state index is 6.35. The van der Waals surface area contributed by atoms with Crippen molar-refractivity contribution >= 4 is 28.5 Å². The molecule has 0 unspecified atom stereocenters. The second-order valence-electron chi connectivity index (χ2n) is 8.29. The molecule has 4 rings (SSSR count). The topological polar surface area (TPSA) is 88.8 Å². The van der Waals surface area contributed by atoms with E-state index in [4.69, 9.17) is 22.1 Å². The molecule has 0 atom stereocenters. The number of nitrogens with two attached hydrogens (primary N) is 1. The van der Waals surface area contributed by atoms with Crippen LogP contribution in [0.5, 0.6) is 5.75 Å². The lowest BCUT2D eigenvalue weighted by molar-refractivity contribution is 0.270. The Kier molecular flexibility index (Phi) is 5.92. The lowest BCUT2D eigenvalue weighted by Crippen LogP contribution is -2.33. The third kappa shape index (κ3) is 4.82. The van der Waals surface area contributed by atoms with E-state index >= 15 is 0 Å². The van der Waals surface area contributed by atoms with Gasteiger partial charge in [0, 0.05) is 29.2 Å². The minimum atomic E-state index is 0.321. The average Bonchev–Trinajstić information content (AvgIpc) is 3.11. The summed E-state index contributed by atoms with van der Waals surface area (Å²) < 4.78 is 5.86. The van der Waals surface area contributed by atoms with Crippen molar-refractivity contribution in [2.24, 2.45) is 11.7 Å². The number of aromatic nitrogens is 3. The average molecular weight is 414 g/mol. The van der Waals surface area contributed by atoms with Crippen molar-refractivity contribution in [1.29, 1.82) is 0 Å². The monoisotopic (exact) mass is 413 g/mol. The number of anilines is 1. The van der Waals surface area contributed by atoms with Crippen LogP contribution in [0.3, 0.4) is 0 Å². The summed E-state index contributed by atoms with van der Waals surface area (Å²) in [6.07, 6.45) is 7.90. The molecule has 1 fully saturated rings. The van der Waals surface area contributed by atoms with E-state index in [1.54, 1.807) is 6.20 Å². The first-order valence-corrected chi connectivity index (χ1v) is 10.7. The molecule has 0 spiro atoms. The molecule has 1 saturated carbocycles. The number of nitrogens with zero attached hydrogens (tertiary/aromatic N) is 2. The molecule has 29 heavy (non-hydrogen) atoms. The maximum Gasteiger partial charge on any atom is 0.138 e. The van der Waals surface area contributed by atoms with Gasteiger partial charge in [-0.2, -0.15) is 0 Å². The molecule has 7 heteroatoms. The molecule has 0 aliphatic heterocycles. The Morgan fingerprint density at radius 3 is 2.79 bits per heavy atom. The minimum Gasteiger partial charge on any atom is -0.492 e. The van der Waals surface area contributed by atoms with Crippen LogP contribution in [-0.4, -0.2) is 33.6 Å². The Bertz CT molecular complexity index is 978. The number of halogens is 1. The van der Waals surface area contributed by atoms with E-state index in [9.17, 15) is 0 Å². The van der Waals surface area contributed by atoms with E-state index in [1.807, 2.05) is 24.4 Å². The first kappa shape index (κ1) is 20.0. The lowest BCUT2D eigenvalue weighted by Gasteiger charge is -2.27. The van der Waals surface area contributed by atoms with Gasteiger partial charge in [-0.1, -0.05) is 25.4 Å². The van der Waals surface area contributed by atoms with E-state index in [0.29, 0.717) is 29.8 Å². The quantitative estimate of drug-likeness (QED) is 0.495. The molecule has 154 valence electrons. The van der Waals surface area contributed by atoms with Gasteiger partial charge in [0.2, 0.25) is 0 Å². The van der Waals surface area contributed by atoms with Crippen molar-refractivity contribution in [2.45, 2.75) is 51.6 Å². The fraction of sp³-hybridized carbons (Fsp3) is 0.455. The van der Waals surface area contributed by atoms with E-state index in [0.717, 1.165) is 59.4 Å². The summed E-state index contributed by atoms with van der Waals surface area (Å²) in [6.45, 7) is 4.91. The normalized spacial score (nSPS) is 19.6. The summed E-state index contributed by atoms with van der Waals surface area (Å²) in [7, 11) is 0. The number of fused-ring (bicyclic) bond motifs is 1. The van der Waals surface area contributed by atoms with Crippen LogP contribution < -0.4 is 15.8 Å². The third-order valence-electron chi connectivity index (χ3n) is 5.32. The van der Waals surface area contributed by atoms with Crippen LogP contribution in [0.2, 0.25) is 5.15 Å². The number of aromatic amines is 1. The first-order valence-electron chi connectivity index (χ1n) is 10.3. The second-order valence-corrected chi connectivity index (χ2v) is 8.68. The van der Waals surface area contributed by atoms with Crippen LogP contribution in [0.15, 0.2) is 30.6 Å². The number of rotatable bonds is 6. The molecule has 0 bridgehead atoms. The number of hydrogen-bond donors (Lipinski definition) is 3. The van der Waals surface area contributed by atoms with Crippen molar-refractivity contribution in [2.75, 3.05) is 11.9 Å². The summed E-state index contributed by atoms with van der Waals surface area (Å²) in [5, 5.41) is 5.00. The maximum atomic E-state index is 6.35. The molecule has 3 aromatic rings. The molecule has 0 aromatic carbocycles. The standard InChI is InChI=1S/C22H28ClN5O/c1-13(2)12-29-17-9-18-19(11-26-22(18)25-10-17)14-7-20(23)28-21(8-14)27-16-5-3-15(24)4-6-16/h7-11,13,15-16H,3-6,12,24H2,1-2H3,(H,25,26)(H,27,28). The molecule has 3 heterocycles. The van der Waals surface area contributed by atoms with Gasteiger partial charge in [-0.25, -0.2) is 9.97 Å². The van der Waals surface area contributed by atoms with Crippen molar-refractivity contribution in [3.05, 3.63) is 35.7 Å². The second kappa shape index (κ2) is 8.59. The van der Waals surface area contributed by atoms with Gasteiger partial charge in [0.05, 0.1) is 12.8 Å². The molecule has 1 aliphatic rings. The third-order valence-corrected chi connectivity index (χ3v) is 5.51. The number of hydrogen-bond acceptors (Lipinski definition) is 5.